The summed E-state index contributed by atoms with van der Waals surface area (Å²) in [7, 11) is 0. The molecule has 1 aliphatic heterocycles. The number of carbonyl (C=O) groups is 3. The number of esters is 1. The van der Waals surface area contributed by atoms with Gasteiger partial charge < -0.3 is 4.74 Å². The van der Waals surface area contributed by atoms with E-state index in [9.17, 15) is 14.4 Å². The Kier molecular flexibility index (Phi) is 5.67. The average molecular weight is 454 g/mol. The number of aromatic nitrogens is 2. The molecule has 156 valence electrons. The van der Waals surface area contributed by atoms with E-state index < -0.39 is 23.7 Å². The van der Waals surface area contributed by atoms with Crippen LogP contribution in [0.1, 0.15) is 33.9 Å². The summed E-state index contributed by atoms with van der Waals surface area (Å²) >= 11 is 7.16. The van der Waals surface area contributed by atoms with Crippen LogP contribution in [0.2, 0.25) is 5.02 Å². The molecule has 1 aliphatic rings. The van der Waals surface area contributed by atoms with Gasteiger partial charge in [0.05, 0.1) is 11.6 Å². The number of anilines is 1. The molecule has 1 unspecified atom stereocenters. The summed E-state index contributed by atoms with van der Waals surface area (Å²) in [5.74, 6) is -2.09. The first-order chi connectivity index (χ1) is 14.9. The molecule has 0 saturated heterocycles. The molecule has 0 spiro atoms. The van der Waals surface area contributed by atoms with Crippen molar-refractivity contribution in [3.8, 4) is 0 Å². The molecule has 1 amide bonds. The van der Waals surface area contributed by atoms with Crippen LogP contribution in [0.5, 0.6) is 0 Å². The molecule has 1 aromatic heterocycles. The Morgan fingerprint density at radius 3 is 2.32 bits per heavy atom. The lowest BCUT2D eigenvalue weighted by Crippen LogP contribution is -2.31. The summed E-state index contributed by atoms with van der Waals surface area (Å²) in [6, 6.07) is 14.5. The van der Waals surface area contributed by atoms with Gasteiger partial charge in [0.2, 0.25) is 10.9 Å². The molecule has 31 heavy (non-hydrogen) atoms. The van der Waals surface area contributed by atoms with Gasteiger partial charge in [0.25, 0.3) is 5.91 Å². The predicted octanol–water partition coefficient (Wildman–Crippen LogP) is 4.29. The summed E-state index contributed by atoms with van der Waals surface area (Å²) in [5.41, 5.74) is 1.04. The average Bonchev–Trinajstić information content (AvgIpc) is 3.29. The first-order valence-electron chi connectivity index (χ1n) is 9.28. The number of ketones is 1. The third kappa shape index (κ3) is 3.99. The fraction of sp³-hybridized carbons (Fsp3) is 0.136. The summed E-state index contributed by atoms with van der Waals surface area (Å²) < 4.78 is 5.27. The second-order valence-electron chi connectivity index (χ2n) is 6.76. The van der Waals surface area contributed by atoms with Crippen LogP contribution in [0, 0.1) is 6.92 Å². The summed E-state index contributed by atoms with van der Waals surface area (Å²) in [6.45, 7) is 2.94. The summed E-state index contributed by atoms with van der Waals surface area (Å²) in [4.78, 5) is 40.1. The highest BCUT2D eigenvalue weighted by atomic mass is 35.5. The number of rotatable bonds is 5. The molecule has 0 aliphatic carbocycles. The van der Waals surface area contributed by atoms with E-state index in [0.29, 0.717) is 26.3 Å². The molecule has 2 heterocycles. The number of hydrogen-bond acceptors (Lipinski definition) is 7. The molecule has 7 nitrogen and oxygen atoms in total. The monoisotopic (exact) mass is 453 g/mol. The van der Waals surface area contributed by atoms with Crippen molar-refractivity contribution in [1.29, 1.82) is 0 Å². The van der Waals surface area contributed by atoms with Crippen LogP contribution in [0.4, 0.5) is 5.13 Å². The molecule has 0 N–H and O–H groups in total. The maximum atomic E-state index is 13.6. The first-order valence-corrected chi connectivity index (χ1v) is 10.5. The van der Waals surface area contributed by atoms with E-state index in [1.54, 1.807) is 55.5 Å². The highest BCUT2D eigenvalue weighted by Crippen LogP contribution is 2.43. The highest BCUT2D eigenvalue weighted by Gasteiger charge is 2.47. The highest BCUT2D eigenvalue weighted by molar-refractivity contribution is 7.15. The van der Waals surface area contributed by atoms with Crippen molar-refractivity contribution in [3.05, 3.63) is 87.1 Å². The van der Waals surface area contributed by atoms with Crippen molar-refractivity contribution in [3.63, 3.8) is 0 Å². The van der Waals surface area contributed by atoms with Crippen LogP contribution in [-0.4, -0.2) is 27.9 Å². The Morgan fingerprint density at radius 2 is 1.74 bits per heavy atom. The summed E-state index contributed by atoms with van der Waals surface area (Å²) in [6.07, 6.45) is 0. The standard InChI is InChI=1S/C22H16ClN3O4S/c1-12-24-25-22(31-12)26-18(14-6-4-3-5-7-14)17(20(21(26)29)30-13(2)27)19(28)15-8-10-16(23)11-9-15/h3-11,18H,1-2H3. The topological polar surface area (TPSA) is 89.5 Å². The quantitative estimate of drug-likeness (QED) is 0.423. The Balaban J connectivity index is 1.93. The molecule has 0 bridgehead atoms. The molecule has 0 fully saturated rings. The number of Topliss-reactive ketones (excluding diaryl/α,β-unsaturated/α-hetero) is 1. The third-order valence-corrected chi connectivity index (χ3v) is 5.71. The Morgan fingerprint density at radius 1 is 1.06 bits per heavy atom. The first kappa shape index (κ1) is 20.9. The number of nitrogens with zero attached hydrogens (tertiary/aromatic N) is 3. The minimum atomic E-state index is -0.835. The second kappa shape index (κ2) is 8.41. The van der Waals surface area contributed by atoms with Gasteiger partial charge >= 0.3 is 5.97 Å². The van der Waals surface area contributed by atoms with E-state index in [1.165, 1.54) is 23.2 Å². The van der Waals surface area contributed by atoms with Gasteiger partial charge in [-0.2, -0.15) is 0 Å². The molecule has 4 rings (SSSR count). The van der Waals surface area contributed by atoms with Gasteiger partial charge in [-0.3, -0.25) is 19.3 Å². The van der Waals surface area contributed by atoms with Crippen molar-refractivity contribution in [2.75, 3.05) is 4.90 Å². The van der Waals surface area contributed by atoms with Crippen molar-refractivity contribution >= 4 is 45.7 Å². The Bertz CT molecular complexity index is 1210. The second-order valence-corrected chi connectivity index (χ2v) is 8.36. The van der Waals surface area contributed by atoms with E-state index >= 15 is 0 Å². The number of benzene rings is 2. The van der Waals surface area contributed by atoms with Gasteiger partial charge in [0, 0.05) is 17.5 Å². The zero-order chi connectivity index (χ0) is 22.1. The Hall–Kier alpha value is -3.36. The van der Waals surface area contributed by atoms with Crippen LogP contribution in [-0.2, 0) is 14.3 Å². The number of hydrogen-bond donors (Lipinski definition) is 0. The SMILES string of the molecule is CC(=O)OC1=C(C(=O)c2ccc(Cl)cc2)C(c2ccccc2)N(c2nnc(C)s2)C1=O. The largest absolute Gasteiger partial charge is 0.420 e. The summed E-state index contributed by atoms with van der Waals surface area (Å²) in [5, 5.41) is 9.52. The van der Waals surface area contributed by atoms with Crippen LogP contribution >= 0.6 is 22.9 Å². The number of aryl methyl sites for hydroxylation is 1. The van der Waals surface area contributed by atoms with Crippen molar-refractivity contribution < 1.29 is 19.1 Å². The number of carbonyl (C=O) groups excluding carboxylic acids is 3. The van der Waals surface area contributed by atoms with Gasteiger partial charge in [0.1, 0.15) is 5.01 Å². The van der Waals surface area contributed by atoms with Crippen molar-refractivity contribution in [2.45, 2.75) is 19.9 Å². The molecule has 9 heteroatoms. The molecular formula is C22H16ClN3O4S. The van der Waals surface area contributed by atoms with E-state index in [2.05, 4.69) is 10.2 Å². The molecule has 0 saturated carbocycles. The molecule has 2 aromatic carbocycles. The van der Waals surface area contributed by atoms with Crippen LogP contribution in [0.3, 0.4) is 0 Å². The lowest BCUT2D eigenvalue weighted by atomic mass is 9.93. The Labute approximate surface area is 186 Å². The molecule has 3 aromatic rings. The number of ether oxygens (including phenoxy) is 1. The van der Waals surface area contributed by atoms with Crippen LogP contribution < -0.4 is 4.90 Å². The fourth-order valence-electron chi connectivity index (χ4n) is 3.35. The zero-order valence-corrected chi connectivity index (χ0v) is 18.1. The van der Waals surface area contributed by atoms with Crippen molar-refractivity contribution in [1.82, 2.24) is 10.2 Å². The smallest absolute Gasteiger partial charge is 0.308 e. The lowest BCUT2D eigenvalue weighted by molar-refractivity contribution is -0.139. The van der Waals surface area contributed by atoms with Gasteiger partial charge in [0.15, 0.2) is 5.78 Å². The lowest BCUT2D eigenvalue weighted by Gasteiger charge is -2.24. The van der Waals surface area contributed by atoms with E-state index in [-0.39, 0.29) is 11.3 Å². The third-order valence-electron chi connectivity index (χ3n) is 4.62. The maximum absolute atomic E-state index is 13.6. The van der Waals surface area contributed by atoms with Crippen molar-refractivity contribution in [2.24, 2.45) is 0 Å². The van der Waals surface area contributed by atoms with Crippen LogP contribution in [0.15, 0.2) is 65.9 Å². The molecular weight excluding hydrogens is 438 g/mol. The van der Waals surface area contributed by atoms with E-state index in [0.717, 1.165) is 0 Å². The van der Waals surface area contributed by atoms with Gasteiger partial charge in [-0.1, -0.05) is 53.3 Å². The number of amides is 1. The normalized spacial score (nSPS) is 16.0. The minimum absolute atomic E-state index is 0.0570. The maximum Gasteiger partial charge on any atom is 0.308 e. The molecule has 0 radical (unpaired) electrons. The van der Waals surface area contributed by atoms with Gasteiger partial charge in [-0.15, -0.1) is 10.2 Å². The predicted molar refractivity (Wildman–Crippen MR) is 116 cm³/mol. The van der Waals surface area contributed by atoms with E-state index in [4.69, 9.17) is 16.3 Å². The minimum Gasteiger partial charge on any atom is -0.420 e. The van der Waals surface area contributed by atoms with E-state index in [1.807, 2.05) is 6.07 Å². The van der Waals surface area contributed by atoms with Gasteiger partial charge in [-0.05, 0) is 36.8 Å². The van der Waals surface area contributed by atoms with Gasteiger partial charge in [-0.25, -0.2) is 0 Å². The molecule has 1 atom stereocenters. The zero-order valence-electron chi connectivity index (χ0n) is 16.5. The fourth-order valence-corrected chi connectivity index (χ4v) is 4.19. The van der Waals surface area contributed by atoms with Crippen LogP contribution in [0.25, 0.3) is 0 Å². The number of halogens is 1.